The molecule has 0 aliphatic heterocycles. The molecule has 1 aromatic carbocycles. The molecule has 0 aliphatic rings. The molecule has 94 valence electrons. The van der Waals surface area contributed by atoms with Crippen molar-refractivity contribution in [3.05, 3.63) is 35.6 Å². The lowest BCUT2D eigenvalue weighted by molar-refractivity contribution is -0.130. The molecule has 0 spiro atoms. The molecule has 1 rings (SSSR count). The molecule has 17 heavy (non-hydrogen) atoms. The van der Waals surface area contributed by atoms with Gasteiger partial charge in [0.25, 0.3) is 0 Å². The van der Waals surface area contributed by atoms with Crippen LogP contribution < -0.4 is 0 Å². The Kier molecular flexibility index (Phi) is 6.19. The van der Waals surface area contributed by atoms with Crippen LogP contribution in [0.25, 0.3) is 0 Å². The van der Waals surface area contributed by atoms with Crippen molar-refractivity contribution >= 4 is 21.8 Å². The first-order valence-corrected chi connectivity index (χ1v) is 6.87. The quantitative estimate of drug-likeness (QED) is 0.740. The molecule has 0 heterocycles. The van der Waals surface area contributed by atoms with E-state index in [4.69, 9.17) is 0 Å². The summed E-state index contributed by atoms with van der Waals surface area (Å²) in [6.07, 6.45) is 1.29. The lowest BCUT2D eigenvalue weighted by atomic mass is 10.1. The Morgan fingerprint density at radius 3 is 2.47 bits per heavy atom. The Balaban J connectivity index is 2.59. The predicted octanol–water partition coefficient (Wildman–Crippen LogP) is 3.00. The van der Waals surface area contributed by atoms with Gasteiger partial charge in [-0.15, -0.1) is 0 Å². The number of alkyl halides is 1. The summed E-state index contributed by atoms with van der Waals surface area (Å²) >= 11 is 3.34. The highest BCUT2D eigenvalue weighted by Gasteiger charge is 2.12. The minimum atomic E-state index is -0.271. The number of halogens is 2. The van der Waals surface area contributed by atoms with E-state index in [1.54, 1.807) is 12.1 Å². The van der Waals surface area contributed by atoms with E-state index in [9.17, 15) is 9.18 Å². The van der Waals surface area contributed by atoms with E-state index in [2.05, 4.69) is 15.9 Å². The topological polar surface area (TPSA) is 20.3 Å². The lowest BCUT2D eigenvalue weighted by Gasteiger charge is -2.21. The highest BCUT2D eigenvalue weighted by molar-refractivity contribution is 9.09. The second kappa shape index (κ2) is 7.43. The first kappa shape index (κ1) is 14.2. The van der Waals surface area contributed by atoms with Gasteiger partial charge < -0.3 is 4.90 Å². The molecule has 0 radical (unpaired) electrons. The number of carbonyl (C=O) groups excluding carboxylic acids is 1. The molecule has 4 heteroatoms. The minimum Gasteiger partial charge on any atom is -0.342 e. The number of nitrogens with zero attached hydrogens (tertiary/aromatic N) is 1. The number of hydrogen-bond donors (Lipinski definition) is 0. The number of amides is 1. The highest BCUT2D eigenvalue weighted by Crippen LogP contribution is 2.06. The standard InChI is InChI=1S/C13H17BrFNO/c1-2-8-16(9-7-14)13(17)10-11-3-5-12(15)6-4-11/h3-6H,2,7-10H2,1H3. The zero-order chi connectivity index (χ0) is 12.7. The number of carbonyl (C=O) groups is 1. The maximum absolute atomic E-state index is 12.7. The van der Waals surface area contributed by atoms with Crippen molar-refractivity contribution in [1.82, 2.24) is 4.90 Å². The third-order valence-electron chi connectivity index (χ3n) is 2.47. The van der Waals surface area contributed by atoms with Crippen molar-refractivity contribution in [1.29, 1.82) is 0 Å². The average Bonchev–Trinajstić information content (AvgIpc) is 2.32. The predicted molar refractivity (Wildman–Crippen MR) is 70.8 cm³/mol. The largest absolute Gasteiger partial charge is 0.342 e. The van der Waals surface area contributed by atoms with Crippen molar-refractivity contribution in [2.45, 2.75) is 19.8 Å². The number of rotatable bonds is 6. The molecule has 0 saturated heterocycles. The van der Waals surface area contributed by atoms with Gasteiger partial charge in [-0.3, -0.25) is 4.79 Å². The lowest BCUT2D eigenvalue weighted by Crippen LogP contribution is -2.34. The fourth-order valence-corrected chi connectivity index (χ4v) is 2.05. The van der Waals surface area contributed by atoms with Gasteiger partial charge in [0.15, 0.2) is 0 Å². The molecule has 2 nitrogen and oxygen atoms in total. The minimum absolute atomic E-state index is 0.0953. The molecule has 0 unspecified atom stereocenters. The fourth-order valence-electron chi connectivity index (χ4n) is 1.62. The molecular weight excluding hydrogens is 285 g/mol. The smallest absolute Gasteiger partial charge is 0.227 e. The van der Waals surface area contributed by atoms with Crippen LogP contribution in [-0.4, -0.2) is 29.2 Å². The third kappa shape index (κ3) is 4.86. The zero-order valence-corrected chi connectivity index (χ0v) is 11.5. The number of benzene rings is 1. The summed E-state index contributed by atoms with van der Waals surface area (Å²) in [7, 11) is 0. The fraction of sp³-hybridized carbons (Fsp3) is 0.462. The van der Waals surface area contributed by atoms with E-state index in [0.717, 1.165) is 23.9 Å². The normalized spacial score (nSPS) is 10.3. The van der Waals surface area contributed by atoms with Crippen LogP contribution in [0.5, 0.6) is 0 Å². The summed E-state index contributed by atoms with van der Waals surface area (Å²) in [6.45, 7) is 3.53. The van der Waals surface area contributed by atoms with Gasteiger partial charge in [0.05, 0.1) is 6.42 Å². The number of hydrogen-bond acceptors (Lipinski definition) is 1. The summed E-state index contributed by atoms with van der Waals surface area (Å²) < 4.78 is 12.7. The first-order valence-electron chi connectivity index (χ1n) is 5.75. The molecular formula is C13H17BrFNO. The second-order valence-electron chi connectivity index (χ2n) is 3.87. The van der Waals surface area contributed by atoms with Crippen LogP contribution in [0.2, 0.25) is 0 Å². The van der Waals surface area contributed by atoms with Gasteiger partial charge in [0.1, 0.15) is 5.82 Å². The van der Waals surface area contributed by atoms with E-state index in [1.165, 1.54) is 12.1 Å². The van der Waals surface area contributed by atoms with Crippen LogP contribution in [0.1, 0.15) is 18.9 Å². The van der Waals surface area contributed by atoms with Gasteiger partial charge in [-0.2, -0.15) is 0 Å². The Morgan fingerprint density at radius 1 is 1.29 bits per heavy atom. The van der Waals surface area contributed by atoms with Crippen LogP contribution in [0.15, 0.2) is 24.3 Å². The molecule has 0 aliphatic carbocycles. The Hall–Kier alpha value is -0.900. The van der Waals surface area contributed by atoms with Gasteiger partial charge in [-0.1, -0.05) is 35.0 Å². The summed E-state index contributed by atoms with van der Waals surface area (Å²) in [4.78, 5) is 13.8. The Labute approximate surface area is 110 Å². The van der Waals surface area contributed by atoms with Crippen molar-refractivity contribution in [3.8, 4) is 0 Å². The molecule has 0 saturated carbocycles. The van der Waals surface area contributed by atoms with Crippen LogP contribution in [0.4, 0.5) is 4.39 Å². The van der Waals surface area contributed by atoms with Gasteiger partial charge in [0, 0.05) is 18.4 Å². The molecule has 0 atom stereocenters. The van der Waals surface area contributed by atoms with Gasteiger partial charge in [0.2, 0.25) is 5.91 Å². The molecule has 0 fully saturated rings. The van der Waals surface area contributed by atoms with Gasteiger partial charge >= 0.3 is 0 Å². The molecule has 1 amide bonds. The van der Waals surface area contributed by atoms with Crippen molar-refractivity contribution in [2.24, 2.45) is 0 Å². The summed E-state index contributed by atoms with van der Waals surface area (Å²) in [5.41, 5.74) is 0.854. The monoisotopic (exact) mass is 301 g/mol. The van der Waals surface area contributed by atoms with Crippen molar-refractivity contribution in [3.63, 3.8) is 0 Å². The van der Waals surface area contributed by atoms with Crippen molar-refractivity contribution < 1.29 is 9.18 Å². The van der Waals surface area contributed by atoms with E-state index in [0.29, 0.717) is 13.0 Å². The Bertz CT molecular complexity index is 347. The van der Waals surface area contributed by atoms with Crippen molar-refractivity contribution in [2.75, 3.05) is 18.4 Å². The van der Waals surface area contributed by atoms with Gasteiger partial charge in [-0.05, 0) is 24.1 Å². The van der Waals surface area contributed by atoms with Crippen LogP contribution >= 0.6 is 15.9 Å². The van der Waals surface area contributed by atoms with Crippen LogP contribution in [0.3, 0.4) is 0 Å². The second-order valence-corrected chi connectivity index (χ2v) is 4.67. The highest BCUT2D eigenvalue weighted by atomic mass is 79.9. The molecule has 0 N–H and O–H groups in total. The average molecular weight is 302 g/mol. The zero-order valence-electron chi connectivity index (χ0n) is 9.96. The first-order chi connectivity index (χ1) is 8.17. The van der Waals surface area contributed by atoms with E-state index in [-0.39, 0.29) is 11.7 Å². The maximum atomic E-state index is 12.7. The van der Waals surface area contributed by atoms with Crippen LogP contribution in [0, 0.1) is 5.82 Å². The third-order valence-corrected chi connectivity index (χ3v) is 2.82. The van der Waals surface area contributed by atoms with E-state index < -0.39 is 0 Å². The summed E-state index contributed by atoms with van der Waals surface area (Å²) in [5.74, 6) is -0.176. The van der Waals surface area contributed by atoms with E-state index in [1.807, 2.05) is 11.8 Å². The molecule has 1 aromatic rings. The Morgan fingerprint density at radius 2 is 1.94 bits per heavy atom. The maximum Gasteiger partial charge on any atom is 0.227 e. The summed E-state index contributed by atoms with van der Waals surface area (Å²) in [6, 6.07) is 6.09. The van der Waals surface area contributed by atoms with Crippen LogP contribution in [-0.2, 0) is 11.2 Å². The summed E-state index contributed by atoms with van der Waals surface area (Å²) in [5, 5.41) is 0.780. The molecule has 0 aromatic heterocycles. The SMILES string of the molecule is CCCN(CCBr)C(=O)Cc1ccc(F)cc1. The molecule has 0 bridgehead atoms. The van der Waals surface area contributed by atoms with Gasteiger partial charge in [-0.25, -0.2) is 4.39 Å². The van der Waals surface area contributed by atoms with E-state index >= 15 is 0 Å².